The zero-order valence-corrected chi connectivity index (χ0v) is 11.6. The van der Waals surface area contributed by atoms with Gasteiger partial charge in [-0.1, -0.05) is 32.8 Å². The number of aryl methyl sites for hydroxylation is 1. The molecule has 2 nitrogen and oxygen atoms in total. The summed E-state index contributed by atoms with van der Waals surface area (Å²) in [5.74, 6) is 0. The van der Waals surface area contributed by atoms with E-state index in [1.807, 2.05) is 18.2 Å². The van der Waals surface area contributed by atoms with Crippen molar-refractivity contribution in [3.63, 3.8) is 0 Å². The maximum atomic E-state index is 8.98. The second-order valence-corrected chi connectivity index (χ2v) is 6.07. The van der Waals surface area contributed by atoms with Gasteiger partial charge in [0.15, 0.2) is 0 Å². The minimum absolute atomic E-state index is 0.341. The standard InChI is InChI=1S/C16H22N2/c1-12-7-8-13(11-17)10-14(12)18-15-6-4-5-9-16(15,2)3/h7-8,10,15,18H,4-6,9H2,1-3H3. The predicted molar refractivity (Wildman–Crippen MR) is 75.6 cm³/mol. The van der Waals surface area contributed by atoms with Gasteiger partial charge in [-0.3, -0.25) is 0 Å². The van der Waals surface area contributed by atoms with Crippen molar-refractivity contribution in [2.24, 2.45) is 5.41 Å². The molecule has 2 heteroatoms. The van der Waals surface area contributed by atoms with E-state index < -0.39 is 0 Å². The Labute approximate surface area is 110 Å². The van der Waals surface area contributed by atoms with Gasteiger partial charge in [0.05, 0.1) is 11.6 Å². The Balaban J connectivity index is 2.20. The molecule has 2 rings (SSSR count). The van der Waals surface area contributed by atoms with Gasteiger partial charge < -0.3 is 5.32 Å². The van der Waals surface area contributed by atoms with E-state index in [-0.39, 0.29) is 0 Å². The maximum absolute atomic E-state index is 8.98. The number of hydrogen-bond acceptors (Lipinski definition) is 2. The third kappa shape index (κ3) is 2.67. The molecular formula is C16H22N2. The highest BCUT2D eigenvalue weighted by Crippen LogP contribution is 2.37. The third-order valence-corrected chi connectivity index (χ3v) is 4.20. The van der Waals surface area contributed by atoms with Gasteiger partial charge in [0.25, 0.3) is 0 Å². The zero-order valence-electron chi connectivity index (χ0n) is 11.6. The summed E-state index contributed by atoms with van der Waals surface area (Å²) in [6, 6.07) is 8.60. The highest BCUT2D eigenvalue weighted by Gasteiger charge is 2.32. The first-order valence-corrected chi connectivity index (χ1v) is 6.80. The van der Waals surface area contributed by atoms with E-state index in [4.69, 9.17) is 5.26 Å². The number of rotatable bonds is 2. The van der Waals surface area contributed by atoms with Crippen molar-refractivity contribution >= 4 is 5.69 Å². The Morgan fingerprint density at radius 3 is 2.78 bits per heavy atom. The molecule has 96 valence electrons. The van der Waals surface area contributed by atoms with Crippen LogP contribution < -0.4 is 5.32 Å². The minimum Gasteiger partial charge on any atom is -0.382 e. The first-order valence-electron chi connectivity index (χ1n) is 6.80. The number of benzene rings is 1. The highest BCUT2D eigenvalue weighted by molar-refractivity contribution is 5.56. The normalized spacial score (nSPS) is 22.2. The molecular weight excluding hydrogens is 220 g/mol. The van der Waals surface area contributed by atoms with Gasteiger partial charge in [-0.25, -0.2) is 0 Å². The average molecular weight is 242 g/mol. The second-order valence-electron chi connectivity index (χ2n) is 6.07. The van der Waals surface area contributed by atoms with Gasteiger partial charge in [0.1, 0.15) is 0 Å². The summed E-state index contributed by atoms with van der Waals surface area (Å²) < 4.78 is 0. The van der Waals surface area contributed by atoms with Crippen molar-refractivity contribution in [1.29, 1.82) is 5.26 Å². The number of nitriles is 1. The van der Waals surface area contributed by atoms with Crippen molar-refractivity contribution in [2.75, 3.05) is 5.32 Å². The van der Waals surface area contributed by atoms with Gasteiger partial charge in [0.2, 0.25) is 0 Å². The first kappa shape index (κ1) is 13.0. The fourth-order valence-electron chi connectivity index (χ4n) is 2.80. The molecule has 1 N–H and O–H groups in total. The molecule has 0 radical (unpaired) electrons. The summed E-state index contributed by atoms with van der Waals surface area (Å²) >= 11 is 0. The Morgan fingerprint density at radius 1 is 1.33 bits per heavy atom. The molecule has 0 aliphatic heterocycles. The number of nitrogens with one attached hydrogen (secondary N) is 1. The summed E-state index contributed by atoms with van der Waals surface area (Å²) in [5, 5.41) is 12.6. The van der Waals surface area contributed by atoms with E-state index in [1.54, 1.807) is 0 Å². The molecule has 0 heterocycles. The van der Waals surface area contributed by atoms with E-state index in [1.165, 1.54) is 31.2 Å². The molecule has 1 fully saturated rings. The number of anilines is 1. The fraction of sp³-hybridized carbons (Fsp3) is 0.562. The molecule has 1 aromatic rings. The molecule has 0 amide bonds. The smallest absolute Gasteiger partial charge is 0.0992 e. The van der Waals surface area contributed by atoms with Crippen LogP contribution in [0, 0.1) is 23.7 Å². The minimum atomic E-state index is 0.341. The molecule has 0 spiro atoms. The summed E-state index contributed by atoms with van der Waals surface area (Å²) in [4.78, 5) is 0. The van der Waals surface area contributed by atoms with Crippen LogP contribution in [0.3, 0.4) is 0 Å². The summed E-state index contributed by atoms with van der Waals surface area (Å²) in [6.45, 7) is 6.78. The van der Waals surface area contributed by atoms with Crippen LogP contribution in [0.4, 0.5) is 5.69 Å². The lowest BCUT2D eigenvalue weighted by Crippen LogP contribution is -2.39. The largest absolute Gasteiger partial charge is 0.382 e. The lowest BCUT2D eigenvalue weighted by molar-refractivity contribution is 0.217. The average Bonchev–Trinajstić information content (AvgIpc) is 2.34. The summed E-state index contributed by atoms with van der Waals surface area (Å²) in [6.07, 6.45) is 5.14. The molecule has 1 aliphatic carbocycles. The second kappa shape index (κ2) is 5.02. The van der Waals surface area contributed by atoms with Crippen LogP contribution in [0.5, 0.6) is 0 Å². The molecule has 1 aromatic carbocycles. The van der Waals surface area contributed by atoms with E-state index in [0.717, 1.165) is 11.3 Å². The topological polar surface area (TPSA) is 35.8 Å². The molecule has 1 unspecified atom stereocenters. The molecule has 0 saturated heterocycles. The van der Waals surface area contributed by atoms with Crippen LogP contribution in [-0.2, 0) is 0 Å². The van der Waals surface area contributed by atoms with Crippen LogP contribution >= 0.6 is 0 Å². The van der Waals surface area contributed by atoms with Crippen molar-refractivity contribution in [2.45, 2.75) is 52.5 Å². The Morgan fingerprint density at radius 2 is 2.11 bits per heavy atom. The summed E-state index contributed by atoms with van der Waals surface area (Å²) in [7, 11) is 0. The van der Waals surface area contributed by atoms with Gasteiger partial charge in [-0.2, -0.15) is 5.26 Å². The van der Waals surface area contributed by atoms with Gasteiger partial charge in [-0.15, -0.1) is 0 Å². The van der Waals surface area contributed by atoms with E-state index in [0.29, 0.717) is 11.5 Å². The lowest BCUT2D eigenvalue weighted by Gasteiger charge is -2.40. The predicted octanol–water partition coefficient (Wildman–Crippen LogP) is 4.25. The Kier molecular flexibility index (Phi) is 3.61. The number of hydrogen-bond donors (Lipinski definition) is 1. The molecule has 1 aliphatic rings. The first-order chi connectivity index (χ1) is 8.53. The molecule has 0 bridgehead atoms. The highest BCUT2D eigenvalue weighted by atomic mass is 14.9. The van der Waals surface area contributed by atoms with Gasteiger partial charge >= 0.3 is 0 Å². The summed E-state index contributed by atoms with van der Waals surface area (Å²) in [5.41, 5.74) is 3.41. The van der Waals surface area contributed by atoms with E-state index in [2.05, 4.69) is 32.2 Å². The molecule has 1 atom stereocenters. The molecule has 18 heavy (non-hydrogen) atoms. The van der Waals surface area contributed by atoms with Gasteiger partial charge in [-0.05, 0) is 42.9 Å². The molecule has 1 saturated carbocycles. The third-order valence-electron chi connectivity index (χ3n) is 4.20. The Bertz CT molecular complexity index is 468. The van der Waals surface area contributed by atoms with Crippen LogP contribution in [0.15, 0.2) is 18.2 Å². The quantitative estimate of drug-likeness (QED) is 0.841. The maximum Gasteiger partial charge on any atom is 0.0992 e. The van der Waals surface area contributed by atoms with Crippen molar-refractivity contribution in [3.05, 3.63) is 29.3 Å². The van der Waals surface area contributed by atoms with Crippen molar-refractivity contribution in [1.82, 2.24) is 0 Å². The van der Waals surface area contributed by atoms with E-state index in [9.17, 15) is 0 Å². The van der Waals surface area contributed by atoms with Crippen LogP contribution in [-0.4, -0.2) is 6.04 Å². The van der Waals surface area contributed by atoms with Crippen molar-refractivity contribution < 1.29 is 0 Å². The van der Waals surface area contributed by atoms with Crippen LogP contribution in [0.2, 0.25) is 0 Å². The van der Waals surface area contributed by atoms with Crippen molar-refractivity contribution in [3.8, 4) is 6.07 Å². The SMILES string of the molecule is Cc1ccc(C#N)cc1NC1CCCCC1(C)C. The lowest BCUT2D eigenvalue weighted by atomic mass is 9.73. The monoisotopic (exact) mass is 242 g/mol. The molecule has 0 aromatic heterocycles. The Hall–Kier alpha value is -1.49. The number of nitrogens with zero attached hydrogens (tertiary/aromatic N) is 1. The van der Waals surface area contributed by atoms with Gasteiger partial charge in [0, 0.05) is 11.7 Å². The van der Waals surface area contributed by atoms with Crippen LogP contribution in [0.25, 0.3) is 0 Å². The van der Waals surface area contributed by atoms with E-state index >= 15 is 0 Å². The van der Waals surface area contributed by atoms with Crippen LogP contribution in [0.1, 0.15) is 50.7 Å². The fourth-order valence-corrected chi connectivity index (χ4v) is 2.80. The zero-order chi connectivity index (χ0) is 13.2.